The zero-order chi connectivity index (χ0) is 16.5. The fourth-order valence-electron chi connectivity index (χ4n) is 2.64. The molecule has 0 bridgehead atoms. The molecule has 23 heavy (non-hydrogen) atoms. The predicted molar refractivity (Wildman–Crippen MR) is 93.7 cm³/mol. The molecule has 2 aromatic rings. The lowest BCUT2D eigenvalue weighted by Gasteiger charge is -2.25. The first-order valence-corrected chi connectivity index (χ1v) is 8.20. The summed E-state index contributed by atoms with van der Waals surface area (Å²) in [6.07, 6.45) is 0.482. The molecule has 0 aromatic heterocycles. The van der Waals surface area contributed by atoms with Gasteiger partial charge in [0, 0.05) is 31.2 Å². The highest BCUT2D eigenvalue weighted by molar-refractivity contribution is 5.96. The molecule has 3 nitrogen and oxygen atoms in total. The van der Waals surface area contributed by atoms with Crippen molar-refractivity contribution >= 4 is 5.78 Å². The number of Topliss-reactive ketones (excluding diaryl/α,β-unsaturated/α-hetero) is 1. The van der Waals surface area contributed by atoms with E-state index < -0.39 is 0 Å². The van der Waals surface area contributed by atoms with Crippen LogP contribution in [0.5, 0.6) is 0 Å². The summed E-state index contributed by atoms with van der Waals surface area (Å²) in [5.41, 5.74) is 1.93. The number of carbonyl (C=O) groups is 1. The van der Waals surface area contributed by atoms with Crippen molar-refractivity contribution in [1.82, 2.24) is 5.32 Å². The first kappa shape index (κ1) is 17.4. The van der Waals surface area contributed by atoms with Crippen molar-refractivity contribution < 1.29 is 9.53 Å². The van der Waals surface area contributed by atoms with Crippen molar-refractivity contribution in [3.63, 3.8) is 0 Å². The van der Waals surface area contributed by atoms with E-state index in [4.69, 9.17) is 4.74 Å². The van der Waals surface area contributed by atoms with Gasteiger partial charge in [0.1, 0.15) is 0 Å². The molecule has 2 unspecified atom stereocenters. The van der Waals surface area contributed by atoms with E-state index in [2.05, 4.69) is 24.4 Å². The molecule has 3 heteroatoms. The maximum Gasteiger partial charge on any atom is 0.164 e. The molecule has 2 rings (SSSR count). The van der Waals surface area contributed by atoms with Crippen LogP contribution in [0.4, 0.5) is 0 Å². The summed E-state index contributed by atoms with van der Waals surface area (Å²) >= 11 is 0. The molecule has 0 aliphatic rings. The van der Waals surface area contributed by atoms with Gasteiger partial charge in [-0.05, 0) is 19.4 Å². The van der Waals surface area contributed by atoms with E-state index in [1.807, 2.05) is 55.5 Å². The fourth-order valence-corrected chi connectivity index (χ4v) is 2.64. The summed E-state index contributed by atoms with van der Waals surface area (Å²) in [6.45, 7) is 5.40. The summed E-state index contributed by atoms with van der Waals surface area (Å²) in [5.74, 6) is 0.165. The van der Waals surface area contributed by atoms with E-state index in [-0.39, 0.29) is 17.9 Å². The number of ether oxygens (including phenoxy) is 1. The average Bonchev–Trinajstić information content (AvgIpc) is 2.61. The van der Waals surface area contributed by atoms with Gasteiger partial charge in [-0.1, -0.05) is 60.7 Å². The molecule has 0 saturated heterocycles. The Bertz CT molecular complexity index is 583. The van der Waals surface area contributed by atoms with Crippen LogP contribution in [0.2, 0.25) is 0 Å². The predicted octanol–water partition coefficient (Wildman–Crippen LogP) is 4.02. The van der Waals surface area contributed by atoms with E-state index in [0.717, 1.165) is 11.1 Å². The number of ketones is 1. The number of hydrogen-bond acceptors (Lipinski definition) is 3. The van der Waals surface area contributed by atoms with Crippen LogP contribution in [0.15, 0.2) is 60.7 Å². The van der Waals surface area contributed by atoms with Gasteiger partial charge in [-0.3, -0.25) is 4.79 Å². The van der Waals surface area contributed by atoms with Crippen LogP contribution >= 0.6 is 0 Å². The van der Waals surface area contributed by atoms with Gasteiger partial charge >= 0.3 is 0 Å². The highest BCUT2D eigenvalue weighted by atomic mass is 16.5. The maximum absolute atomic E-state index is 12.1. The number of benzene rings is 2. The second kappa shape index (κ2) is 9.23. The van der Waals surface area contributed by atoms with Crippen molar-refractivity contribution in [2.75, 3.05) is 13.2 Å². The van der Waals surface area contributed by atoms with Crippen molar-refractivity contribution in [3.05, 3.63) is 71.8 Å². The van der Waals surface area contributed by atoms with Crippen molar-refractivity contribution in [2.45, 2.75) is 32.4 Å². The normalized spacial score (nSPS) is 13.5. The fraction of sp³-hybridized carbons (Fsp3) is 0.350. The molecule has 0 saturated carbocycles. The Morgan fingerprint density at radius 2 is 1.65 bits per heavy atom. The number of rotatable bonds is 9. The second-order valence-corrected chi connectivity index (χ2v) is 5.57. The third-order valence-corrected chi connectivity index (χ3v) is 3.84. The van der Waals surface area contributed by atoms with Gasteiger partial charge in [-0.15, -0.1) is 0 Å². The van der Waals surface area contributed by atoms with Gasteiger partial charge in [-0.2, -0.15) is 0 Å². The minimum atomic E-state index is -0.00646. The van der Waals surface area contributed by atoms with Crippen LogP contribution < -0.4 is 5.32 Å². The summed E-state index contributed by atoms with van der Waals surface area (Å²) < 4.78 is 5.88. The lowest BCUT2D eigenvalue weighted by atomic mass is 10.0. The largest absolute Gasteiger partial charge is 0.372 e. The number of nitrogens with one attached hydrogen (secondary N) is 1. The molecule has 0 radical (unpaired) electrons. The quantitative estimate of drug-likeness (QED) is 0.711. The molecule has 0 heterocycles. The van der Waals surface area contributed by atoms with E-state index >= 15 is 0 Å². The smallest absolute Gasteiger partial charge is 0.164 e. The minimum Gasteiger partial charge on any atom is -0.372 e. The Morgan fingerprint density at radius 3 is 2.26 bits per heavy atom. The molecule has 0 aliphatic carbocycles. The topological polar surface area (TPSA) is 38.3 Å². The Morgan fingerprint density at radius 1 is 1.04 bits per heavy atom. The van der Waals surface area contributed by atoms with Crippen molar-refractivity contribution in [3.8, 4) is 0 Å². The van der Waals surface area contributed by atoms with Gasteiger partial charge in [0.2, 0.25) is 0 Å². The van der Waals surface area contributed by atoms with Crippen LogP contribution in [0.25, 0.3) is 0 Å². The van der Waals surface area contributed by atoms with Crippen LogP contribution in [-0.2, 0) is 4.74 Å². The molecule has 0 amide bonds. The standard InChI is InChI=1S/C20H25NO2/c1-3-23-20(18-12-8-5-9-13-18)16(2)21-15-14-19(22)17-10-6-4-7-11-17/h4-13,16,20-21H,3,14-15H2,1-2H3. The van der Waals surface area contributed by atoms with Crippen LogP contribution in [0.1, 0.15) is 42.3 Å². The molecule has 2 aromatic carbocycles. The first-order valence-electron chi connectivity index (χ1n) is 8.20. The number of hydrogen-bond donors (Lipinski definition) is 1. The third kappa shape index (κ3) is 5.31. The van der Waals surface area contributed by atoms with Crippen LogP contribution in [0, 0.1) is 0 Å². The second-order valence-electron chi connectivity index (χ2n) is 5.57. The summed E-state index contributed by atoms with van der Waals surface area (Å²) in [6, 6.07) is 19.8. The highest BCUT2D eigenvalue weighted by Crippen LogP contribution is 2.21. The highest BCUT2D eigenvalue weighted by Gasteiger charge is 2.19. The van der Waals surface area contributed by atoms with Crippen LogP contribution in [0.3, 0.4) is 0 Å². The van der Waals surface area contributed by atoms with Crippen LogP contribution in [-0.4, -0.2) is 25.0 Å². The molecule has 0 fully saturated rings. The molecular formula is C20H25NO2. The summed E-state index contributed by atoms with van der Waals surface area (Å²) in [7, 11) is 0. The Kier molecular flexibility index (Phi) is 6.98. The Balaban J connectivity index is 1.87. The zero-order valence-corrected chi connectivity index (χ0v) is 13.9. The van der Waals surface area contributed by atoms with Crippen molar-refractivity contribution in [1.29, 1.82) is 0 Å². The zero-order valence-electron chi connectivity index (χ0n) is 13.9. The average molecular weight is 311 g/mol. The van der Waals surface area contributed by atoms with E-state index in [0.29, 0.717) is 19.6 Å². The molecule has 0 aliphatic heterocycles. The third-order valence-electron chi connectivity index (χ3n) is 3.84. The van der Waals surface area contributed by atoms with Gasteiger partial charge < -0.3 is 10.1 Å². The SMILES string of the molecule is CCOC(c1ccccc1)C(C)NCCC(=O)c1ccccc1. The lowest BCUT2D eigenvalue weighted by Crippen LogP contribution is -2.35. The molecule has 0 spiro atoms. The van der Waals surface area contributed by atoms with Gasteiger partial charge in [-0.25, -0.2) is 0 Å². The molecule has 122 valence electrons. The summed E-state index contributed by atoms with van der Waals surface area (Å²) in [5, 5.41) is 3.42. The van der Waals surface area contributed by atoms with Gasteiger partial charge in [0.05, 0.1) is 6.10 Å². The van der Waals surface area contributed by atoms with E-state index in [1.54, 1.807) is 0 Å². The van der Waals surface area contributed by atoms with Crippen molar-refractivity contribution in [2.24, 2.45) is 0 Å². The monoisotopic (exact) mass is 311 g/mol. The molecule has 2 atom stereocenters. The van der Waals surface area contributed by atoms with Gasteiger partial charge in [0.15, 0.2) is 5.78 Å². The van der Waals surface area contributed by atoms with E-state index in [9.17, 15) is 4.79 Å². The van der Waals surface area contributed by atoms with E-state index in [1.165, 1.54) is 0 Å². The Hall–Kier alpha value is -1.97. The minimum absolute atomic E-state index is 0.00646. The molecular weight excluding hydrogens is 286 g/mol. The Labute approximate surface area is 138 Å². The number of carbonyl (C=O) groups excluding carboxylic acids is 1. The first-order chi connectivity index (χ1) is 11.2. The summed E-state index contributed by atoms with van der Waals surface area (Å²) in [4.78, 5) is 12.1. The molecule has 1 N–H and O–H groups in total. The maximum atomic E-state index is 12.1. The lowest BCUT2D eigenvalue weighted by molar-refractivity contribution is 0.0378. The van der Waals surface area contributed by atoms with Gasteiger partial charge in [0.25, 0.3) is 0 Å².